The van der Waals surface area contributed by atoms with Crippen molar-refractivity contribution in [3.63, 3.8) is 0 Å². The van der Waals surface area contributed by atoms with E-state index in [1.54, 1.807) is 0 Å². The molecule has 122 valence electrons. The number of carbonyl (C=O) groups is 1. The van der Waals surface area contributed by atoms with Crippen molar-refractivity contribution in [1.82, 2.24) is 0 Å². The number of fused-ring (bicyclic) bond motifs is 1. The third kappa shape index (κ3) is 3.38. The first-order chi connectivity index (χ1) is 12.3. The SMILES string of the molecule is O=C1C(=Cc2cccc(OCc3ccccc3)c2)Cc2ccccc21. The number of rotatable bonds is 4. The molecule has 0 fully saturated rings. The number of hydrogen-bond donors (Lipinski definition) is 0. The van der Waals surface area contributed by atoms with Crippen LogP contribution in [0.5, 0.6) is 5.75 Å². The van der Waals surface area contributed by atoms with E-state index >= 15 is 0 Å². The minimum atomic E-state index is 0.131. The molecule has 0 aliphatic heterocycles. The highest BCUT2D eigenvalue weighted by atomic mass is 16.5. The van der Waals surface area contributed by atoms with Gasteiger partial charge in [0.05, 0.1) is 0 Å². The van der Waals surface area contributed by atoms with E-state index in [1.807, 2.05) is 84.9 Å². The third-order valence-electron chi connectivity index (χ3n) is 4.38. The molecule has 0 bridgehead atoms. The van der Waals surface area contributed by atoms with Crippen LogP contribution in [0.15, 0.2) is 84.4 Å². The van der Waals surface area contributed by atoms with Crippen LogP contribution in [0.25, 0.3) is 6.08 Å². The zero-order chi connectivity index (χ0) is 17.1. The smallest absolute Gasteiger partial charge is 0.189 e. The maximum absolute atomic E-state index is 12.5. The lowest BCUT2D eigenvalue weighted by atomic mass is 10.1. The van der Waals surface area contributed by atoms with E-state index in [9.17, 15) is 4.79 Å². The molecule has 1 aliphatic carbocycles. The Balaban J connectivity index is 1.52. The first-order valence-electron chi connectivity index (χ1n) is 8.39. The number of ketones is 1. The Kier molecular flexibility index (Phi) is 4.17. The number of ether oxygens (including phenoxy) is 1. The normalized spacial score (nSPS) is 14.6. The number of benzene rings is 3. The Morgan fingerprint density at radius 1 is 0.880 bits per heavy atom. The summed E-state index contributed by atoms with van der Waals surface area (Å²) < 4.78 is 5.87. The van der Waals surface area contributed by atoms with Gasteiger partial charge in [0.15, 0.2) is 5.78 Å². The lowest BCUT2D eigenvalue weighted by Crippen LogP contribution is -1.96. The molecule has 0 aromatic heterocycles. The van der Waals surface area contributed by atoms with E-state index in [1.165, 1.54) is 0 Å². The molecule has 0 saturated heterocycles. The number of Topliss-reactive ketones (excluding diaryl/α,β-unsaturated/α-hetero) is 1. The Morgan fingerprint density at radius 3 is 2.52 bits per heavy atom. The minimum absolute atomic E-state index is 0.131. The van der Waals surface area contributed by atoms with Crippen molar-refractivity contribution in [1.29, 1.82) is 0 Å². The highest BCUT2D eigenvalue weighted by Crippen LogP contribution is 2.28. The van der Waals surface area contributed by atoms with Gasteiger partial charge in [0.25, 0.3) is 0 Å². The van der Waals surface area contributed by atoms with Crippen LogP contribution in [0.4, 0.5) is 0 Å². The van der Waals surface area contributed by atoms with E-state index in [0.29, 0.717) is 13.0 Å². The fourth-order valence-corrected chi connectivity index (χ4v) is 3.11. The van der Waals surface area contributed by atoms with E-state index in [2.05, 4.69) is 0 Å². The first-order valence-corrected chi connectivity index (χ1v) is 8.39. The summed E-state index contributed by atoms with van der Waals surface area (Å²) in [7, 11) is 0. The molecule has 0 spiro atoms. The van der Waals surface area contributed by atoms with Crippen LogP contribution in [-0.4, -0.2) is 5.78 Å². The summed E-state index contributed by atoms with van der Waals surface area (Å²) in [6.45, 7) is 0.533. The van der Waals surface area contributed by atoms with Crippen molar-refractivity contribution in [2.75, 3.05) is 0 Å². The van der Waals surface area contributed by atoms with Gasteiger partial charge in [0, 0.05) is 17.6 Å². The van der Waals surface area contributed by atoms with Gasteiger partial charge in [-0.15, -0.1) is 0 Å². The molecule has 3 aromatic rings. The Bertz CT molecular complexity index is 939. The second-order valence-corrected chi connectivity index (χ2v) is 6.18. The summed E-state index contributed by atoms with van der Waals surface area (Å²) >= 11 is 0. The summed E-state index contributed by atoms with van der Waals surface area (Å²) in [5.41, 5.74) is 4.89. The molecule has 2 nitrogen and oxygen atoms in total. The van der Waals surface area contributed by atoms with Crippen molar-refractivity contribution < 1.29 is 9.53 Å². The van der Waals surface area contributed by atoms with Crippen LogP contribution in [0, 0.1) is 0 Å². The molecule has 1 aliphatic rings. The standard InChI is InChI=1S/C23H18O2/c24-23-20(15-19-10-4-5-12-22(19)23)13-18-9-6-11-21(14-18)25-16-17-7-2-1-3-8-17/h1-14H,15-16H2. The fourth-order valence-electron chi connectivity index (χ4n) is 3.11. The van der Waals surface area contributed by atoms with Gasteiger partial charge in [-0.25, -0.2) is 0 Å². The van der Waals surface area contributed by atoms with Crippen LogP contribution in [-0.2, 0) is 13.0 Å². The average molecular weight is 326 g/mol. The Morgan fingerprint density at radius 2 is 1.68 bits per heavy atom. The summed E-state index contributed by atoms with van der Waals surface area (Å²) in [6.07, 6.45) is 2.67. The molecule has 0 amide bonds. The van der Waals surface area contributed by atoms with Crippen LogP contribution >= 0.6 is 0 Å². The lowest BCUT2D eigenvalue weighted by Gasteiger charge is -2.07. The molecular weight excluding hydrogens is 308 g/mol. The predicted octanol–water partition coefficient (Wildman–Crippen LogP) is 5.09. The summed E-state index contributed by atoms with van der Waals surface area (Å²) in [6, 6.07) is 25.8. The van der Waals surface area contributed by atoms with E-state index in [-0.39, 0.29) is 5.78 Å². The van der Waals surface area contributed by atoms with Crippen LogP contribution in [0.1, 0.15) is 27.0 Å². The summed E-state index contributed by atoms with van der Waals surface area (Å²) in [5, 5.41) is 0. The number of carbonyl (C=O) groups excluding carboxylic acids is 1. The van der Waals surface area contributed by atoms with Gasteiger partial charge in [0.2, 0.25) is 0 Å². The quantitative estimate of drug-likeness (QED) is 0.624. The van der Waals surface area contributed by atoms with Crippen molar-refractivity contribution >= 4 is 11.9 Å². The zero-order valence-corrected chi connectivity index (χ0v) is 13.8. The largest absolute Gasteiger partial charge is 0.489 e. The van der Waals surface area contributed by atoms with Gasteiger partial charge >= 0.3 is 0 Å². The summed E-state index contributed by atoms with van der Waals surface area (Å²) in [4.78, 5) is 12.5. The Hall–Kier alpha value is -3.13. The van der Waals surface area contributed by atoms with Crippen molar-refractivity contribution in [2.45, 2.75) is 13.0 Å². The maximum atomic E-state index is 12.5. The van der Waals surface area contributed by atoms with Gasteiger partial charge < -0.3 is 4.74 Å². The van der Waals surface area contributed by atoms with Crippen LogP contribution in [0.2, 0.25) is 0 Å². The van der Waals surface area contributed by atoms with E-state index in [0.717, 1.165) is 33.6 Å². The van der Waals surface area contributed by atoms with E-state index < -0.39 is 0 Å². The molecule has 0 unspecified atom stereocenters. The topological polar surface area (TPSA) is 26.3 Å². The maximum Gasteiger partial charge on any atom is 0.189 e. The van der Waals surface area contributed by atoms with E-state index in [4.69, 9.17) is 4.74 Å². The van der Waals surface area contributed by atoms with Crippen molar-refractivity contribution in [3.05, 3.63) is 107 Å². The molecule has 0 atom stereocenters. The molecule has 0 radical (unpaired) electrons. The monoisotopic (exact) mass is 326 g/mol. The number of allylic oxidation sites excluding steroid dienone is 1. The average Bonchev–Trinajstić information content (AvgIpc) is 2.97. The fraction of sp³-hybridized carbons (Fsp3) is 0.0870. The molecule has 0 heterocycles. The van der Waals surface area contributed by atoms with Gasteiger partial charge in [-0.1, -0.05) is 66.7 Å². The highest BCUT2D eigenvalue weighted by molar-refractivity contribution is 6.15. The van der Waals surface area contributed by atoms with Gasteiger partial charge in [-0.3, -0.25) is 4.79 Å². The van der Waals surface area contributed by atoms with Gasteiger partial charge in [0.1, 0.15) is 12.4 Å². The first kappa shape index (κ1) is 15.4. The molecular formula is C23H18O2. The molecule has 0 saturated carbocycles. The lowest BCUT2D eigenvalue weighted by molar-refractivity contribution is 0.104. The molecule has 3 aromatic carbocycles. The second kappa shape index (κ2) is 6.78. The highest BCUT2D eigenvalue weighted by Gasteiger charge is 2.23. The van der Waals surface area contributed by atoms with Crippen LogP contribution < -0.4 is 4.74 Å². The van der Waals surface area contributed by atoms with Crippen LogP contribution in [0.3, 0.4) is 0 Å². The molecule has 0 N–H and O–H groups in total. The minimum Gasteiger partial charge on any atom is -0.489 e. The molecule has 4 rings (SSSR count). The number of hydrogen-bond acceptors (Lipinski definition) is 2. The molecule has 25 heavy (non-hydrogen) atoms. The van der Waals surface area contributed by atoms with Gasteiger partial charge in [-0.05, 0) is 34.9 Å². The Labute approximate surface area is 147 Å². The van der Waals surface area contributed by atoms with Crippen molar-refractivity contribution in [2.24, 2.45) is 0 Å². The predicted molar refractivity (Wildman–Crippen MR) is 99.7 cm³/mol. The zero-order valence-electron chi connectivity index (χ0n) is 13.8. The van der Waals surface area contributed by atoms with Crippen molar-refractivity contribution in [3.8, 4) is 5.75 Å². The third-order valence-corrected chi connectivity index (χ3v) is 4.38. The van der Waals surface area contributed by atoms with Gasteiger partial charge in [-0.2, -0.15) is 0 Å². The summed E-state index contributed by atoms with van der Waals surface area (Å²) in [5.74, 6) is 0.937. The molecule has 2 heteroatoms. The second-order valence-electron chi connectivity index (χ2n) is 6.18.